The van der Waals surface area contributed by atoms with Crippen LogP contribution in [0, 0.1) is 0 Å². The maximum atomic E-state index is 12.0. The Kier molecular flexibility index (Phi) is 5.93. The molecule has 1 aliphatic rings. The van der Waals surface area contributed by atoms with E-state index >= 15 is 0 Å². The van der Waals surface area contributed by atoms with E-state index in [1.165, 1.54) is 0 Å². The fourth-order valence-corrected chi connectivity index (χ4v) is 3.05. The molecule has 3 N–H and O–H groups in total. The second kappa shape index (κ2) is 8.56. The van der Waals surface area contributed by atoms with Crippen molar-refractivity contribution >= 4 is 17.8 Å². The summed E-state index contributed by atoms with van der Waals surface area (Å²) in [6, 6.07) is 14.7. The van der Waals surface area contributed by atoms with Gasteiger partial charge in [0.15, 0.2) is 0 Å². The molecule has 7 nitrogen and oxygen atoms in total. The standard InChI is InChI=1S/C21H23N3O4/c1-13(12-22-19(25)11-18-20(26)24-21(27)23-18)14-6-8-15(9-7-14)16-4-3-5-17(10-16)28-2/h3-10,13,18H,11-12H2,1-2H3,(H,22,25)(H2,23,24,26,27). The van der Waals surface area contributed by atoms with Gasteiger partial charge < -0.3 is 15.4 Å². The predicted molar refractivity (Wildman–Crippen MR) is 105 cm³/mol. The first kappa shape index (κ1) is 19.4. The largest absolute Gasteiger partial charge is 0.497 e. The minimum absolute atomic E-state index is 0.0704. The fraction of sp³-hybridized carbons (Fsp3) is 0.286. The summed E-state index contributed by atoms with van der Waals surface area (Å²) in [6.45, 7) is 2.46. The zero-order chi connectivity index (χ0) is 20.1. The minimum atomic E-state index is -0.801. The Labute approximate surface area is 163 Å². The molecule has 2 aromatic rings. The summed E-state index contributed by atoms with van der Waals surface area (Å²) in [7, 11) is 1.64. The molecule has 0 aromatic heterocycles. The van der Waals surface area contributed by atoms with Gasteiger partial charge in [-0.25, -0.2) is 4.79 Å². The number of amides is 4. The lowest BCUT2D eigenvalue weighted by Gasteiger charge is -2.15. The molecule has 0 bridgehead atoms. The summed E-state index contributed by atoms with van der Waals surface area (Å²) in [5.41, 5.74) is 3.25. The van der Waals surface area contributed by atoms with Crippen LogP contribution in [0.1, 0.15) is 24.8 Å². The van der Waals surface area contributed by atoms with E-state index in [-0.39, 0.29) is 18.2 Å². The van der Waals surface area contributed by atoms with Crippen LogP contribution < -0.4 is 20.7 Å². The molecule has 28 heavy (non-hydrogen) atoms. The predicted octanol–water partition coefficient (Wildman–Crippen LogP) is 2.18. The Bertz CT molecular complexity index is 879. The summed E-state index contributed by atoms with van der Waals surface area (Å²) >= 11 is 0. The van der Waals surface area contributed by atoms with Crippen molar-refractivity contribution in [3.63, 3.8) is 0 Å². The normalized spacial score (nSPS) is 16.9. The van der Waals surface area contributed by atoms with Crippen molar-refractivity contribution in [2.24, 2.45) is 0 Å². The highest BCUT2D eigenvalue weighted by atomic mass is 16.5. The molecule has 2 aromatic carbocycles. The van der Waals surface area contributed by atoms with Crippen LogP contribution in [0.3, 0.4) is 0 Å². The van der Waals surface area contributed by atoms with Gasteiger partial charge in [-0.05, 0) is 34.7 Å². The topological polar surface area (TPSA) is 96.5 Å². The molecule has 7 heteroatoms. The quantitative estimate of drug-likeness (QED) is 0.641. The third-order valence-electron chi connectivity index (χ3n) is 4.74. The number of carbonyl (C=O) groups excluding carboxylic acids is 3. The van der Waals surface area contributed by atoms with Crippen LogP contribution in [0.5, 0.6) is 5.75 Å². The molecule has 3 rings (SSSR count). The Morgan fingerprint density at radius 1 is 1.14 bits per heavy atom. The molecule has 2 unspecified atom stereocenters. The third-order valence-corrected chi connectivity index (χ3v) is 4.74. The van der Waals surface area contributed by atoms with E-state index in [0.29, 0.717) is 6.54 Å². The second-order valence-electron chi connectivity index (χ2n) is 6.78. The SMILES string of the molecule is COc1cccc(-c2ccc(C(C)CNC(=O)CC3NC(=O)NC3=O)cc2)c1. The van der Waals surface area contributed by atoms with Crippen LogP contribution in [0.25, 0.3) is 11.1 Å². The maximum absolute atomic E-state index is 12.0. The molecular formula is C21H23N3O4. The lowest BCUT2D eigenvalue weighted by molar-refractivity contribution is -0.126. The highest BCUT2D eigenvalue weighted by Crippen LogP contribution is 2.25. The summed E-state index contributed by atoms with van der Waals surface area (Å²) in [5.74, 6) is 0.170. The van der Waals surface area contributed by atoms with E-state index < -0.39 is 18.0 Å². The van der Waals surface area contributed by atoms with Gasteiger partial charge in [-0.1, -0.05) is 43.3 Å². The van der Waals surface area contributed by atoms with Crippen LogP contribution in [-0.2, 0) is 9.59 Å². The first-order valence-electron chi connectivity index (χ1n) is 9.08. The second-order valence-corrected chi connectivity index (χ2v) is 6.78. The van der Waals surface area contributed by atoms with Gasteiger partial charge in [-0.3, -0.25) is 14.9 Å². The number of methoxy groups -OCH3 is 1. The molecule has 1 saturated heterocycles. The van der Waals surface area contributed by atoms with E-state index in [9.17, 15) is 14.4 Å². The molecule has 1 heterocycles. The number of hydrogen-bond donors (Lipinski definition) is 3. The van der Waals surface area contributed by atoms with Crippen LogP contribution >= 0.6 is 0 Å². The smallest absolute Gasteiger partial charge is 0.322 e. The molecule has 146 valence electrons. The summed E-state index contributed by atoms with van der Waals surface area (Å²) in [5, 5.41) is 7.34. The molecule has 0 spiro atoms. The third kappa shape index (κ3) is 4.68. The van der Waals surface area contributed by atoms with Gasteiger partial charge in [-0.15, -0.1) is 0 Å². The number of hydrogen-bond acceptors (Lipinski definition) is 4. The van der Waals surface area contributed by atoms with Crippen molar-refractivity contribution in [1.29, 1.82) is 0 Å². The fourth-order valence-electron chi connectivity index (χ4n) is 3.05. The Morgan fingerprint density at radius 2 is 1.89 bits per heavy atom. The Balaban J connectivity index is 1.54. The molecule has 2 atom stereocenters. The van der Waals surface area contributed by atoms with Gasteiger partial charge >= 0.3 is 6.03 Å². The highest BCUT2D eigenvalue weighted by molar-refractivity contribution is 6.05. The maximum Gasteiger partial charge on any atom is 0.322 e. The molecule has 1 fully saturated rings. The van der Waals surface area contributed by atoms with Crippen LogP contribution in [0.4, 0.5) is 4.79 Å². The first-order valence-corrected chi connectivity index (χ1v) is 9.08. The van der Waals surface area contributed by atoms with Gasteiger partial charge in [0.1, 0.15) is 11.8 Å². The molecule has 0 aliphatic carbocycles. The van der Waals surface area contributed by atoms with Crippen LogP contribution in [-0.4, -0.2) is 37.5 Å². The molecule has 0 saturated carbocycles. The summed E-state index contributed by atoms with van der Waals surface area (Å²) in [6.07, 6.45) is -0.0704. The minimum Gasteiger partial charge on any atom is -0.497 e. The molecule has 4 amide bonds. The average Bonchev–Trinajstić information content (AvgIpc) is 3.03. The number of rotatable bonds is 7. The first-order chi connectivity index (χ1) is 13.5. The van der Waals surface area contributed by atoms with E-state index in [1.807, 2.05) is 55.5 Å². The highest BCUT2D eigenvalue weighted by Gasteiger charge is 2.31. The van der Waals surface area contributed by atoms with E-state index in [1.54, 1.807) is 7.11 Å². The number of nitrogens with one attached hydrogen (secondary N) is 3. The number of ether oxygens (including phenoxy) is 1. The van der Waals surface area contributed by atoms with Gasteiger partial charge in [0.25, 0.3) is 5.91 Å². The van der Waals surface area contributed by atoms with Gasteiger partial charge in [0.2, 0.25) is 5.91 Å². The molecule has 1 aliphatic heterocycles. The number of imide groups is 1. The van der Waals surface area contributed by atoms with Crippen molar-refractivity contribution in [2.45, 2.75) is 25.3 Å². The van der Waals surface area contributed by atoms with Crippen molar-refractivity contribution < 1.29 is 19.1 Å². The molecular weight excluding hydrogens is 358 g/mol. The lowest BCUT2D eigenvalue weighted by Crippen LogP contribution is -2.37. The van der Waals surface area contributed by atoms with Crippen molar-refractivity contribution in [2.75, 3.05) is 13.7 Å². The van der Waals surface area contributed by atoms with Crippen LogP contribution in [0.15, 0.2) is 48.5 Å². The van der Waals surface area contributed by atoms with Gasteiger partial charge in [-0.2, -0.15) is 0 Å². The van der Waals surface area contributed by atoms with E-state index in [4.69, 9.17) is 4.74 Å². The monoisotopic (exact) mass is 381 g/mol. The van der Waals surface area contributed by atoms with E-state index in [0.717, 1.165) is 22.4 Å². The zero-order valence-electron chi connectivity index (χ0n) is 15.8. The summed E-state index contributed by atoms with van der Waals surface area (Å²) in [4.78, 5) is 34.6. The Hall–Kier alpha value is -3.35. The van der Waals surface area contributed by atoms with E-state index in [2.05, 4.69) is 16.0 Å². The van der Waals surface area contributed by atoms with Gasteiger partial charge in [0, 0.05) is 6.54 Å². The van der Waals surface area contributed by atoms with Crippen molar-refractivity contribution in [1.82, 2.24) is 16.0 Å². The van der Waals surface area contributed by atoms with Crippen molar-refractivity contribution in [3.05, 3.63) is 54.1 Å². The van der Waals surface area contributed by atoms with Crippen molar-refractivity contribution in [3.8, 4) is 16.9 Å². The average molecular weight is 381 g/mol. The van der Waals surface area contributed by atoms with Gasteiger partial charge in [0.05, 0.1) is 13.5 Å². The number of carbonyl (C=O) groups is 3. The summed E-state index contributed by atoms with van der Waals surface area (Å²) < 4.78 is 5.26. The lowest BCUT2D eigenvalue weighted by atomic mass is 9.97. The van der Waals surface area contributed by atoms with Crippen LogP contribution in [0.2, 0.25) is 0 Å². The number of benzene rings is 2. The molecule has 0 radical (unpaired) electrons. The zero-order valence-corrected chi connectivity index (χ0v) is 15.8. The Morgan fingerprint density at radius 3 is 2.54 bits per heavy atom. The number of urea groups is 1.